The van der Waals surface area contributed by atoms with Gasteiger partial charge in [-0.05, 0) is 48.4 Å². The molecule has 8 nitrogen and oxygen atoms in total. The second kappa shape index (κ2) is 14.8. The number of nitrogens with zero attached hydrogens (tertiary/aromatic N) is 5. The van der Waals surface area contributed by atoms with Crippen LogP contribution in [0.1, 0.15) is 5.69 Å². The van der Waals surface area contributed by atoms with E-state index < -0.39 is 0 Å². The first-order valence-electron chi connectivity index (χ1n) is 10.5. The van der Waals surface area contributed by atoms with Crippen LogP contribution in [-0.4, -0.2) is 33.8 Å². The molecule has 0 amide bonds. The first kappa shape index (κ1) is 29.6. The zero-order valence-corrected chi connectivity index (χ0v) is 23.6. The van der Waals surface area contributed by atoms with Crippen LogP contribution in [0.3, 0.4) is 0 Å². The van der Waals surface area contributed by atoms with E-state index in [0.29, 0.717) is 33.2 Å². The van der Waals surface area contributed by atoms with Gasteiger partial charge in [0.15, 0.2) is 23.8 Å². The summed E-state index contributed by atoms with van der Waals surface area (Å²) in [4.78, 5) is 8.14. The summed E-state index contributed by atoms with van der Waals surface area (Å²) in [7, 11) is 3.13. The molecule has 0 aliphatic heterocycles. The molecular weight excluding hydrogens is 626 g/mol. The predicted octanol–water partition coefficient (Wildman–Crippen LogP) is 1.48. The first-order valence-corrected chi connectivity index (χ1v) is 11.2. The fourth-order valence-corrected chi connectivity index (χ4v) is 3.22. The number of hydrogen-bond acceptors (Lipinski definition) is 6. The Hall–Kier alpha value is -3.59. The van der Waals surface area contributed by atoms with Crippen molar-refractivity contribution in [2.24, 2.45) is 0 Å². The van der Waals surface area contributed by atoms with Gasteiger partial charge in [0.1, 0.15) is 27.4 Å². The number of pyridine rings is 4. The molecule has 5 aromatic rings. The zero-order chi connectivity index (χ0) is 25.9. The van der Waals surface area contributed by atoms with Crippen molar-refractivity contribution in [1.82, 2.24) is 19.6 Å². The summed E-state index contributed by atoms with van der Waals surface area (Å²) in [6, 6.07) is 20.3. The fraction of sp³-hybridized carbons (Fsp3) is 0.0769. The van der Waals surface area contributed by atoms with Crippen LogP contribution in [0.15, 0.2) is 85.3 Å². The Morgan fingerprint density at radius 3 is 2.11 bits per heavy atom. The number of methoxy groups -OCH3 is 2. The second-order valence-corrected chi connectivity index (χ2v) is 7.71. The standard InChI is InChI=1S/C13H10ClN3O.C8H6ClNO.C5H7N2.HI/c1-18-11-5-6-12(14)15-13(11)10-8-9-4-2-3-7-17(9)16-10;1-3-6-7(11-2)4-5-8(9)10-6;6-7-4-2-1-3-5-7;/h2-8H,1H3;1,4-5H,2H3;1-5H,6H2;1H/q;;+1;/p-1. The third-order valence-electron chi connectivity index (χ3n) is 4.58. The maximum absolute atomic E-state index is 5.92. The quantitative estimate of drug-likeness (QED) is 0.105. The van der Waals surface area contributed by atoms with Gasteiger partial charge < -0.3 is 33.5 Å². The van der Waals surface area contributed by atoms with Gasteiger partial charge >= 0.3 is 0 Å². The lowest BCUT2D eigenvalue weighted by molar-refractivity contribution is -0.638. The topological polar surface area (TPSA) is 91.4 Å². The van der Waals surface area contributed by atoms with Crippen LogP contribution in [0.4, 0.5) is 0 Å². The molecule has 0 aliphatic carbocycles. The number of ether oxygens (including phenoxy) is 2. The number of aromatic nitrogens is 5. The lowest BCUT2D eigenvalue weighted by atomic mass is 10.2. The molecule has 190 valence electrons. The molecule has 0 atom stereocenters. The highest BCUT2D eigenvalue weighted by Gasteiger charge is 2.12. The molecule has 0 saturated heterocycles. The van der Waals surface area contributed by atoms with Gasteiger partial charge in [0.05, 0.1) is 19.7 Å². The molecule has 5 heterocycles. The van der Waals surface area contributed by atoms with Crippen LogP contribution < -0.4 is 44.0 Å². The van der Waals surface area contributed by atoms with Gasteiger partial charge in [-0.15, -0.1) is 6.42 Å². The monoisotopic (exact) mass is 648 g/mol. The van der Waals surface area contributed by atoms with Crippen molar-refractivity contribution in [2.75, 3.05) is 20.1 Å². The number of rotatable bonds is 3. The number of terminal acetylenes is 1. The molecule has 0 radical (unpaired) electrons. The Bertz CT molecular complexity index is 1440. The minimum atomic E-state index is 0. The van der Waals surface area contributed by atoms with Crippen molar-refractivity contribution >= 4 is 28.7 Å². The van der Waals surface area contributed by atoms with Crippen molar-refractivity contribution in [2.45, 2.75) is 0 Å². The molecule has 0 spiro atoms. The summed E-state index contributed by atoms with van der Waals surface area (Å²) in [5.74, 6) is 8.86. The summed E-state index contributed by atoms with van der Waals surface area (Å²) in [6.45, 7) is 0. The number of hydrogen-bond donors (Lipinski definition) is 1. The zero-order valence-electron chi connectivity index (χ0n) is 19.9. The summed E-state index contributed by atoms with van der Waals surface area (Å²) < 4.78 is 13.5. The van der Waals surface area contributed by atoms with E-state index in [-0.39, 0.29) is 24.0 Å². The smallest absolute Gasteiger partial charge is 0.199 e. The van der Waals surface area contributed by atoms with Crippen LogP contribution in [-0.2, 0) is 0 Å². The van der Waals surface area contributed by atoms with E-state index in [9.17, 15) is 0 Å². The van der Waals surface area contributed by atoms with Crippen LogP contribution in [0.25, 0.3) is 16.9 Å². The number of nitrogen functional groups attached to an aromatic ring is 1. The van der Waals surface area contributed by atoms with E-state index in [1.54, 1.807) is 48.3 Å². The van der Waals surface area contributed by atoms with Crippen molar-refractivity contribution in [3.8, 4) is 35.2 Å². The molecule has 0 fully saturated rings. The third kappa shape index (κ3) is 8.49. The summed E-state index contributed by atoms with van der Waals surface area (Å²) in [5, 5.41) is 5.24. The average molecular weight is 649 g/mol. The summed E-state index contributed by atoms with van der Waals surface area (Å²) in [5.41, 5.74) is 2.81. The SMILES string of the molecule is C#Cc1nc(Cl)ccc1OC.COc1ccc(Cl)nc1-c1cc2ccccn2n1.N[n+]1ccccc1.[I-]. The van der Waals surface area contributed by atoms with E-state index >= 15 is 0 Å². The van der Waals surface area contributed by atoms with E-state index in [0.717, 1.165) is 11.2 Å². The summed E-state index contributed by atoms with van der Waals surface area (Å²) in [6.07, 6.45) is 10.6. The number of nitrogens with two attached hydrogens (primary N) is 1. The van der Waals surface area contributed by atoms with Crippen molar-refractivity contribution < 1.29 is 38.1 Å². The minimum Gasteiger partial charge on any atom is -1.00 e. The Balaban J connectivity index is 0.000000216. The third-order valence-corrected chi connectivity index (χ3v) is 5.00. The highest BCUT2D eigenvalue weighted by molar-refractivity contribution is 6.29. The Labute approximate surface area is 242 Å². The van der Waals surface area contributed by atoms with Crippen LogP contribution >= 0.6 is 23.2 Å². The van der Waals surface area contributed by atoms with Crippen LogP contribution in [0, 0.1) is 12.3 Å². The van der Waals surface area contributed by atoms with Gasteiger partial charge in [0.2, 0.25) is 0 Å². The Morgan fingerprint density at radius 1 is 0.892 bits per heavy atom. The molecule has 0 saturated carbocycles. The molecule has 2 N–H and O–H groups in total. The lowest BCUT2D eigenvalue weighted by Gasteiger charge is -2.04. The maximum atomic E-state index is 5.92. The molecular formula is C26H23Cl2IN6O2. The Kier molecular flexibility index (Phi) is 11.9. The van der Waals surface area contributed by atoms with E-state index in [4.69, 9.17) is 44.9 Å². The molecule has 0 unspecified atom stereocenters. The van der Waals surface area contributed by atoms with Gasteiger partial charge in [0.25, 0.3) is 0 Å². The lowest BCUT2D eigenvalue weighted by Crippen LogP contribution is -3.00. The van der Waals surface area contributed by atoms with Gasteiger partial charge in [0, 0.05) is 18.3 Å². The van der Waals surface area contributed by atoms with Crippen molar-refractivity contribution in [3.05, 3.63) is 101 Å². The van der Waals surface area contributed by atoms with Crippen molar-refractivity contribution in [1.29, 1.82) is 0 Å². The normalized spacial score (nSPS) is 9.49. The van der Waals surface area contributed by atoms with Crippen molar-refractivity contribution in [3.63, 3.8) is 0 Å². The first-order chi connectivity index (χ1) is 17.4. The van der Waals surface area contributed by atoms with Gasteiger partial charge in [-0.3, -0.25) is 0 Å². The molecule has 0 aromatic carbocycles. The molecule has 0 bridgehead atoms. The highest BCUT2D eigenvalue weighted by atomic mass is 127. The van der Waals surface area contributed by atoms with Gasteiger partial charge in [-0.25, -0.2) is 20.3 Å². The number of fused-ring (bicyclic) bond motifs is 1. The second-order valence-electron chi connectivity index (χ2n) is 6.94. The predicted molar refractivity (Wildman–Crippen MR) is 141 cm³/mol. The van der Waals surface area contributed by atoms with E-state index in [1.165, 1.54) is 11.8 Å². The van der Waals surface area contributed by atoms with Gasteiger partial charge in [-0.2, -0.15) is 5.10 Å². The largest absolute Gasteiger partial charge is 1.00 e. The molecule has 5 rings (SSSR count). The summed E-state index contributed by atoms with van der Waals surface area (Å²) >= 11 is 11.5. The fourth-order valence-electron chi connectivity index (χ4n) is 2.93. The van der Waals surface area contributed by atoms with E-state index in [1.807, 2.05) is 48.7 Å². The molecule has 37 heavy (non-hydrogen) atoms. The molecule has 0 aliphatic rings. The Morgan fingerprint density at radius 2 is 1.54 bits per heavy atom. The highest BCUT2D eigenvalue weighted by Crippen LogP contribution is 2.29. The molecule has 5 aromatic heterocycles. The van der Waals surface area contributed by atoms with Gasteiger partial charge in [-0.1, -0.05) is 40.0 Å². The maximum Gasteiger partial charge on any atom is 0.199 e. The average Bonchev–Trinajstić information content (AvgIpc) is 3.34. The van der Waals surface area contributed by atoms with Crippen LogP contribution in [0.2, 0.25) is 10.3 Å². The molecule has 11 heteroatoms. The minimum absolute atomic E-state index is 0. The number of halogens is 3. The van der Waals surface area contributed by atoms with Crippen LogP contribution in [0.5, 0.6) is 11.5 Å². The van der Waals surface area contributed by atoms with E-state index in [2.05, 4.69) is 21.0 Å².